The minimum absolute atomic E-state index is 0.245. The Kier molecular flexibility index (Phi) is 4.29. The van der Waals surface area contributed by atoms with Gasteiger partial charge in [0.25, 0.3) is 5.91 Å². The standard InChI is InChI=1S/C9H9N3O3S/c1-15-9(14)8-6(3-5-16-8)11-12-7(13)2-4-10/h3,5,11H,2H2,1H3,(H,12,13). The van der Waals surface area contributed by atoms with Gasteiger partial charge < -0.3 is 4.74 Å². The molecule has 0 spiro atoms. The van der Waals surface area contributed by atoms with Gasteiger partial charge in [0.05, 0.1) is 18.9 Å². The summed E-state index contributed by atoms with van der Waals surface area (Å²) in [5.74, 6) is -0.948. The molecule has 7 heteroatoms. The highest BCUT2D eigenvalue weighted by Gasteiger charge is 2.13. The van der Waals surface area contributed by atoms with Crippen LogP contribution in [0.25, 0.3) is 0 Å². The van der Waals surface area contributed by atoms with Gasteiger partial charge in [-0.25, -0.2) is 4.79 Å². The Balaban J connectivity index is 2.61. The molecule has 1 heterocycles. The SMILES string of the molecule is COC(=O)c1sccc1NNC(=O)CC#N. The minimum atomic E-state index is -0.480. The van der Waals surface area contributed by atoms with Crippen LogP contribution in [0, 0.1) is 11.3 Å². The lowest BCUT2D eigenvalue weighted by atomic mass is 10.4. The number of nitriles is 1. The molecule has 0 saturated heterocycles. The van der Waals surface area contributed by atoms with Crippen LogP contribution in [0.15, 0.2) is 11.4 Å². The maximum Gasteiger partial charge on any atom is 0.350 e. The first-order chi connectivity index (χ1) is 7.69. The zero-order valence-corrected chi connectivity index (χ0v) is 9.26. The van der Waals surface area contributed by atoms with Gasteiger partial charge in [-0.3, -0.25) is 15.6 Å². The summed E-state index contributed by atoms with van der Waals surface area (Å²) in [6.45, 7) is 0. The molecule has 2 N–H and O–H groups in total. The van der Waals surface area contributed by atoms with Crippen molar-refractivity contribution in [3.63, 3.8) is 0 Å². The summed E-state index contributed by atoms with van der Waals surface area (Å²) in [5.41, 5.74) is 5.29. The van der Waals surface area contributed by atoms with Crippen molar-refractivity contribution >= 4 is 28.9 Å². The first kappa shape index (κ1) is 12.0. The topological polar surface area (TPSA) is 91.2 Å². The number of ether oxygens (including phenoxy) is 1. The van der Waals surface area contributed by atoms with E-state index in [1.165, 1.54) is 18.4 Å². The van der Waals surface area contributed by atoms with E-state index >= 15 is 0 Å². The predicted molar refractivity (Wildman–Crippen MR) is 57.7 cm³/mol. The van der Waals surface area contributed by atoms with Crippen molar-refractivity contribution in [2.24, 2.45) is 0 Å². The lowest BCUT2D eigenvalue weighted by Gasteiger charge is -2.06. The third kappa shape index (κ3) is 2.96. The molecule has 0 fully saturated rings. The lowest BCUT2D eigenvalue weighted by Crippen LogP contribution is -2.29. The van der Waals surface area contributed by atoms with Gasteiger partial charge in [-0.2, -0.15) is 5.26 Å². The van der Waals surface area contributed by atoms with Crippen molar-refractivity contribution in [2.45, 2.75) is 6.42 Å². The molecule has 0 atom stereocenters. The zero-order chi connectivity index (χ0) is 12.0. The Hall–Kier alpha value is -2.07. The number of carbonyl (C=O) groups excluding carboxylic acids is 2. The number of rotatable bonds is 4. The van der Waals surface area contributed by atoms with Crippen LogP contribution in [0.1, 0.15) is 16.1 Å². The van der Waals surface area contributed by atoms with Crippen LogP contribution >= 0.6 is 11.3 Å². The van der Waals surface area contributed by atoms with Gasteiger partial charge in [-0.15, -0.1) is 11.3 Å². The summed E-state index contributed by atoms with van der Waals surface area (Å²) in [5, 5.41) is 9.95. The summed E-state index contributed by atoms with van der Waals surface area (Å²) in [6, 6.07) is 3.33. The molecule has 0 aliphatic rings. The van der Waals surface area contributed by atoms with Gasteiger partial charge in [0.1, 0.15) is 11.3 Å². The fourth-order valence-electron chi connectivity index (χ4n) is 0.912. The molecule has 0 aliphatic heterocycles. The fraction of sp³-hybridized carbons (Fsp3) is 0.222. The fourth-order valence-corrected chi connectivity index (χ4v) is 1.68. The largest absolute Gasteiger partial charge is 0.465 e. The van der Waals surface area contributed by atoms with E-state index in [0.29, 0.717) is 10.6 Å². The number of nitrogens with zero attached hydrogens (tertiary/aromatic N) is 1. The van der Waals surface area contributed by atoms with E-state index in [1.54, 1.807) is 17.5 Å². The van der Waals surface area contributed by atoms with Crippen LogP contribution in [-0.2, 0) is 9.53 Å². The first-order valence-electron chi connectivity index (χ1n) is 4.26. The number of carbonyl (C=O) groups is 2. The van der Waals surface area contributed by atoms with Crippen molar-refractivity contribution in [2.75, 3.05) is 12.5 Å². The van der Waals surface area contributed by atoms with Crippen molar-refractivity contribution < 1.29 is 14.3 Å². The average Bonchev–Trinajstić information content (AvgIpc) is 2.74. The van der Waals surface area contributed by atoms with Crippen molar-refractivity contribution in [3.8, 4) is 6.07 Å². The first-order valence-corrected chi connectivity index (χ1v) is 5.14. The number of hydrogen-bond acceptors (Lipinski definition) is 6. The third-order valence-electron chi connectivity index (χ3n) is 1.61. The van der Waals surface area contributed by atoms with Crippen LogP contribution in [0.5, 0.6) is 0 Å². The molecular weight excluding hydrogens is 230 g/mol. The Morgan fingerprint density at radius 3 is 3.00 bits per heavy atom. The summed E-state index contributed by atoms with van der Waals surface area (Å²) < 4.78 is 4.56. The second-order valence-corrected chi connectivity index (χ2v) is 3.58. The minimum Gasteiger partial charge on any atom is -0.465 e. The van der Waals surface area contributed by atoms with Crippen LogP contribution in [-0.4, -0.2) is 19.0 Å². The highest BCUT2D eigenvalue weighted by molar-refractivity contribution is 7.12. The molecule has 0 radical (unpaired) electrons. The molecule has 16 heavy (non-hydrogen) atoms. The van der Waals surface area contributed by atoms with Gasteiger partial charge >= 0.3 is 5.97 Å². The summed E-state index contributed by atoms with van der Waals surface area (Å²) >= 11 is 1.19. The quantitative estimate of drug-likeness (QED) is 0.601. The van der Waals surface area contributed by atoms with Crippen molar-refractivity contribution in [3.05, 3.63) is 16.3 Å². The Morgan fingerprint density at radius 1 is 1.62 bits per heavy atom. The normalized spacial score (nSPS) is 9.00. The number of hydrazine groups is 1. The molecule has 0 aromatic carbocycles. The predicted octanol–water partition coefficient (Wildman–Crippen LogP) is 0.891. The number of nitrogens with one attached hydrogen (secondary N) is 2. The number of amides is 1. The number of hydrogen-bond donors (Lipinski definition) is 2. The number of esters is 1. The molecule has 1 amide bonds. The number of anilines is 1. The highest BCUT2D eigenvalue weighted by atomic mass is 32.1. The molecular formula is C9H9N3O3S. The Bertz CT molecular complexity index is 435. The van der Waals surface area contributed by atoms with E-state index in [1.807, 2.05) is 0 Å². The molecule has 0 bridgehead atoms. The van der Waals surface area contributed by atoms with Crippen molar-refractivity contribution in [1.29, 1.82) is 5.26 Å². The molecule has 0 unspecified atom stereocenters. The van der Waals surface area contributed by atoms with E-state index in [4.69, 9.17) is 5.26 Å². The Labute approximate surface area is 95.8 Å². The molecule has 0 aliphatic carbocycles. The maximum atomic E-state index is 11.2. The second kappa shape index (κ2) is 5.72. The summed E-state index contributed by atoms with van der Waals surface area (Å²) in [4.78, 5) is 22.6. The molecule has 1 aromatic heterocycles. The monoisotopic (exact) mass is 239 g/mol. The van der Waals surface area contributed by atoms with E-state index in [-0.39, 0.29) is 6.42 Å². The molecule has 1 aromatic rings. The summed E-state index contributed by atoms with van der Waals surface area (Å²) in [7, 11) is 1.28. The van der Waals surface area contributed by atoms with Crippen molar-refractivity contribution in [1.82, 2.24) is 5.43 Å². The lowest BCUT2D eigenvalue weighted by molar-refractivity contribution is -0.119. The smallest absolute Gasteiger partial charge is 0.350 e. The van der Waals surface area contributed by atoms with Crippen LogP contribution in [0.4, 0.5) is 5.69 Å². The average molecular weight is 239 g/mol. The Morgan fingerprint density at radius 2 is 2.38 bits per heavy atom. The molecule has 1 rings (SSSR count). The van der Waals surface area contributed by atoms with Gasteiger partial charge in [0.15, 0.2) is 0 Å². The number of methoxy groups -OCH3 is 1. The zero-order valence-electron chi connectivity index (χ0n) is 8.44. The molecule has 6 nitrogen and oxygen atoms in total. The van der Waals surface area contributed by atoms with E-state index in [9.17, 15) is 9.59 Å². The molecule has 0 saturated carbocycles. The van der Waals surface area contributed by atoms with Crippen LogP contribution in [0.3, 0.4) is 0 Å². The van der Waals surface area contributed by atoms with Gasteiger partial charge in [0.2, 0.25) is 0 Å². The highest BCUT2D eigenvalue weighted by Crippen LogP contribution is 2.22. The van der Waals surface area contributed by atoms with Gasteiger partial charge in [0, 0.05) is 0 Å². The molecule has 84 valence electrons. The van der Waals surface area contributed by atoms with E-state index < -0.39 is 11.9 Å². The van der Waals surface area contributed by atoms with Crippen LogP contribution < -0.4 is 10.9 Å². The van der Waals surface area contributed by atoms with Gasteiger partial charge in [-0.1, -0.05) is 0 Å². The van der Waals surface area contributed by atoms with Crippen LogP contribution in [0.2, 0.25) is 0 Å². The number of thiophene rings is 1. The maximum absolute atomic E-state index is 11.2. The van der Waals surface area contributed by atoms with E-state index in [2.05, 4.69) is 15.6 Å². The summed E-state index contributed by atoms with van der Waals surface area (Å²) in [6.07, 6.45) is -0.245. The second-order valence-electron chi connectivity index (χ2n) is 2.66. The third-order valence-corrected chi connectivity index (χ3v) is 2.51. The van der Waals surface area contributed by atoms with E-state index in [0.717, 1.165) is 0 Å². The van der Waals surface area contributed by atoms with Gasteiger partial charge in [-0.05, 0) is 11.4 Å².